The van der Waals surface area contributed by atoms with E-state index in [1.54, 1.807) is 36.0 Å². The number of thioether (sulfide) groups is 1. The largest absolute Gasteiger partial charge is 0.304 e. The monoisotopic (exact) mass is 503 g/mol. The molecule has 1 amide bonds. The van der Waals surface area contributed by atoms with Crippen molar-refractivity contribution in [3.63, 3.8) is 0 Å². The zero-order chi connectivity index (χ0) is 23.3. The van der Waals surface area contributed by atoms with Gasteiger partial charge in [0.2, 0.25) is 15.2 Å². The van der Waals surface area contributed by atoms with Crippen LogP contribution in [-0.2, 0) is 21.5 Å². The summed E-state index contributed by atoms with van der Waals surface area (Å²) in [7, 11) is -1.39. The van der Waals surface area contributed by atoms with Gasteiger partial charge in [0.05, 0.1) is 5.75 Å². The Morgan fingerprint density at radius 3 is 2.39 bits per heavy atom. The summed E-state index contributed by atoms with van der Waals surface area (Å²) in [5, 5.41) is 11.4. The van der Waals surface area contributed by atoms with Gasteiger partial charge in [-0.1, -0.05) is 65.6 Å². The first-order valence-electron chi connectivity index (χ1n) is 10.5. The lowest BCUT2D eigenvalue weighted by atomic mass is 10.1. The lowest BCUT2D eigenvalue weighted by molar-refractivity contribution is 0.102. The highest BCUT2D eigenvalue weighted by atomic mass is 32.2. The smallest absolute Gasteiger partial charge is 0.257 e. The number of hydrogen-bond donors (Lipinski definition) is 1. The molecule has 0 bridgehead atoms. The Bertz CT molecular complexity index is 1180. The van der Waals surface area contributed by atoms with E-state index in [0.717, 1.165) is 23.2 Å². The van der Waals surface area contributed by atoms with Crippen molar-refractivity contribution in [1.82, 2.24) is 19.4 Å². The molecule has 1 aliphatic rings. The molecular weight excluding hydrogens is 478 g/mol. The summed E-state index contributed by atoms with van der Waals surface area (Å²) in [4.78, 5) is 14.7. The van der Waals surface area contributed by atoms with Gasteiger partial charge in [-0.05, 0) is 30.3 Å². The van der Waals surface area contributed by atoms with Crippen molar-refractivity contribution >= 4 is 44.2 Å². The van der Waals surface area contributed by atoms with Crippen LogP contribution in [0.3, 0.4) is 0 Å². The Balaban J connectivity index is 1.31. The fraction of sp³-hybridized carbons (Fsp3) is 0.318. The topological polar surface area (TPSA) is 95.5 Å². The minimum Gasteiger partial charge on any atom is -0.304 e. The molecule has 1 saturated heterocycles. The normalized spacial score (nSPS) is 15.4. The van der Waals surface area contributed by atoms with Crippen LogP contribution in [0.5, 0.6) is 0 Å². The number of nitrogens with one attached hydrogen (secondary N) is 1. The molecule has 1 aromatic heterocycles. The van der Waals surface area contributed by atoms with Crippen molar-refractivity contribution in [2.24, 2.45) is 0 Å². The molecule has 0 saturated carbocycles. The highest BCUT2D eigenvalue weighted by Crippen LogP contribution is 2.28. The van der Waals surface area contributed by atoms with Crippen molar-refractivity contribution in [1.29, 1.82) is 0 Å². The summed E-state index contributed by atoms with van der Waals surface area (Å²) in [5.74, 6) is 0.401. The highest BCUT2D eigenvalue weighted by molar-refractivity contribution is 8.00. The molecule has 1 N–H and O–H groups in total. The molecule has 2 aromatic carbocycles. The van der Waals surface area contributed by atoms with E-state index in [2.05, 4.69) is 32.5 Å². The van der Waals surface area contributed by atoms with Gasteiger partial charge in [0.15, 0.2) is 4.34 Å². The van der Waals surface area contributed by atoms with Crippen LogP contribution in [0.1, 0.15) is 21.5 Å². The second-order valence-electron chi connectivity index (χ2n) is 7.76. The van der Waals surface area contributed by atoms with Gasteiger partial charge >= 0.3 is 0 Å². The summed E-state index contributed by atoms with van der Waals surface area (Å²) in [6.45, 7) is 2.48. The van der Waals surface area contributed by atoms with E-state index in [1.807, 2.05) is 25.2 Å². The number of sulfonamides is 1. The predicted molar refractivity (Wildman–Crippen MR) is 132 cm³/mol. The molecule has 0 unspecified atom stereocenters. The second-order valence-corrected chi connectivity index (χ2v) is 11.9. The summed E-state index contributed by atoms with van der Waals surface area (Å²) in [5.41, 5.74) is 2.28. The van der Waals surface area contributed by atoms with E-state index in [4.69, 9.17) is 0 Å². The highest BCUT2D eigenvalue weighted by Gasteiger charge is 2.25. The Hall–Kier alpha value is -2.31. The molecule has 0 aliphatic carbocycles. The molecule has 0 atom stereocenters. The number of benzene rings is 2. The van der Waals surface area contributed by atoms with E-state index < -0.39 is 10.0 Å². The first kappa shape index (κ1) is 23.8. The van der Waals surface area contributed by atoms with Crippen LogP contribution in [-0.4, -0.2) is 67.0 Å². The summed E-state index contributed by atoms with van der Waals surface area (Å²) < 4.78 is 27.7. The van der Waals surface area contributed by atoms with Crippen LogP contribution in [0.4, 0.5) is 5.13 Å². The maximum Gasteiger partial charge on any atom is 0.257 e. The van der Waals surface area contributed by atoms with Gasteiger partial charge in [0.1, 0.15) is 0 Å². The number of carbonyl (C=O) groups excluding carboxylic acids is 1. The fourth-order valence-electron chi connectivity index (χ4n) is 3.33. The maximum atomic E-state index is 12.7. The summed E-state index contributed by atoms with van der Waals surface area (Å²) in [6.07, 6.45) is 0. The molecule has 33 heavy (non-hydrogen) atoms. The number of rotatable bonds is 8. The van der Waals surface area contributed by atoms with Crippen LogP contribution < -0.4 is 5.32 Å². The zero-order valence-electron chi connectivity index (χ0n) is 18.2. The van der Waals surface area contributed by atoms with Crippen LogP contribution in [0, 0.1) is 0 Å². The Kier molecular flexibility index (Phi) is 7.76. The van der Waals surface area contributed by atoms with E-state index in [9.17, 15) is 13.2 Å². The van der Waals surface area contributed by atoms with Crippen molar-refractivity contribution in [2.45, 2.75) is 15.8 Å². The number of aromatic nitrogens is 2. The first-order valence-corrected chi connectivity index (χ1v) is 13.9. The third kappa shape index (κ3) is 6.61. The van der Waals surface area contributed by atoms with E-state index >= 15 is 0 Å². The third-order valence-electron chi connectivity index (χ3n) is 5.25. The fourth-order valence-corrected chi connectivity index (χ4v) is 6.55. The molecule has 174 valence electrons. The number of anilines is 1. The predicted octanol–water partition coefficient (Wildman–Crippen LogP) is 3.16. The quantitative estimate of drug-likeness (QED) is 0.373. The van der Waals surface area contributed by atoms with Crippen LogP contribution in [0.25, 0.3) is 0 Å². The van der Waals surface area contributed by atoms with E-state index in [1.165, 1.54) is 21.2 Å². The average molecular weight is 504 g/mol. The molecule has 0 radical (unpaired) electrons. The van der Waals surface area contributed by atoms with Gasteiger partial charge in [-0.2, -0.15) is 4.31 Å². The van der Waals surface area contributed by atoms with Gasteiger partial charge in [0.25, 0.3) is 5.91 Å². The molecular formula is C22H25N5O3S3. The SMILES string of the molecule is CN1CCN(S(=O)(=O)Cc2ccc(C(=O)Nc3nnc(SCc4ccccc4)s3)cc2)CC1. The van der Waals surface area contributed by atoms with Crippen molar-refractivity contribution in [3.8, 4) is 0 Å². The van der Waals surface area contributed by atoms with Crippen molar-refractivity contribution in [3.05, 3.63) is 71.3 Å². The minimum absolute atomic E-state index is 0.0724. The second kappa shape index (κ2) is 10.7. The average Bonchev–Trinajstić information content (AvgIpc) is 3.26. The minimum atomic E-state index is -3.38. The number of likely N-dealkylation sites (N-methyl/N-ethyl adjacent to an activating group) is 1. The Morgan fingerprint density at radius 1 is 1.00 bits per heavy atom. The lowest BCUT2D eigenvalue weighted by Crippen LogP contribution is -2.47. The molecule has 2 heterocycles. The molecule has 1 fully saturated rings. The molecule has 4 rings (SSSR count). The van der Waals surface area contributed by atoms with Gasteiger partial charge < -0.3 is 4.90 Å². The van der Waals surface area contributed by atoms with E-state index in [0.29, 0.717) is 29.3 Å². The number of carbonyl (C=O) groups is 1. The first-order chi connectivity index (χ1) is 15.9. The molecule has 11 heteroatoms. The number of piperazine rings is 1. The number of nitrogens with zero attached hydrogens (tertiary/aromatic N) is 4. The lowest BCUT2D eigenvalue weighted by Gasteiger charge is -2.31. The summed E-state index contributed by atoms with van der Waals surface area (Å²) >= 11 is 2.89. The number of amides is 1. The standard InChI is InChI=1S/C22H25N5O3S3/c1-26-11-13-27(14-12-26)33(29,30)16-18-7-9-19(10-8-18)20(28)23-21-24-25-22(32-21)31-15-17-5-3-2-4-6-17/h2-10H,11-16H2,1H3,(H,23,24,28). The molecule has 3 aromatic rings. The van der Waals surface area contributed by atoms with Gasteiger partial charge in [-0.3, -0.25) is 10.1 Å². The van der Waals surface area contributed by atoms with Gasteiger partial charge in [0, 0.05) is 37.5 Å². The van der Waals surface area contributed by atoms with Gasteiger partial charge in [-0.25, -0.2) is 8.42 Å². The third-order valence-corrected chi connectivity index (χ3v) is 9.15. The van der Waals surface area contributed by atoms with Gasteiger partial charge in [-0.15, -0.1) is 10.2 Å². The molecule has 8 nitrogen and oxygen atoms in total. The maximum absolute atomic E-state index is 12.7. The van der Waals surface area contributed by atoms with Crippen LogP contribution in [0.2, 0.25) is 0 Å². The Morgan fingerprint density at radius 2 is 1.70 bits per heavy atom. The van der Waals surface area contributed by atoms with Crippen molar-refractivity contribution in [2.75, 3.05) is 38.5 Å². The molecule has 0 spiro atoms. The van der Waals surface area contributed by atoms with Crippen LogP contribution in [0.15, 0.2) is 58.9 Å². The van der Waals surface area contributed by atoms with Crippen LogP contribution >= 0.6 is 23.1 Å². The molecule has 1 aliphatic heterocycles. The summed E-state index contributed by atoms with van der Waals surface area (Å²) in [6, 6.07) is 16.7. The van der Waals surface area contributed by atoms with Crippen molar-refractivity contribution < 1.29 is 13.2 Å². The van der Waals surface area contributed by atoms with E-state index in [-0.39, 0.29) is 11.7 Å². The zero-order valence-corrected chi connectivity index (χ0v) is 20.6. The Labute approximate surface area is 202 Å². The number of hydrogen-bond acceptors (Lipinski definition) is 8.